The minimum absolute atomic E-state index is 0.195. The van der Waals surface area contributed by atoms with Gasteiger partial charge in [-0.25, -0.2) is 4.79 Å². The van der Waals surface area contributed by atoms with E-state index in [1.807, 2.05) is 24.3 Å². The minimum Gasteiger partial charge on any atom is -0.493 e. The summed E-state index contributed by atoms with van der Waals surface area (Å²) in [5.74, 6) is 0.754. The normalized spacial score (nSPS) is 16.9. The molecule has 1 atom stereocenters. The van der Waals surface area contributed by atoms with Gasteiger partial charge in [-0.15, -0.1) is 0 Å². The molecule has 0 saturated carbocycles. The molecule has 1 aliphatic heterocycles. The molecule has 2 heterocycles. The van der Waals surface area contributed by atoms with E-state index in [-0.39, 0.29) is 11.9 Å². The third-order valence-corrected chi connectivity index (χ3v) is 3.40. The number of aromatic nitrogens is 1. The van der Waals surface area contributed by atoms with Gasteiger partial charge < -0.3 is 9.47 Å². The standard InChI is InChI=1S/C16H15NO3/c18-16(12-4-3-8-17-10-12)20-11-13-7-9-19-15-6-2-1-5-14(13)15/h1-6,8,10,13H,7,9,11H2. The van der Waals surface area contributed by atoms with Gasteiger partial charge in [-0.3, -0.25) is 4.98 Å². The molecule has 0 aliphatic carbocycles. The van der Waals surface area contributed by atoms with Crippen molar-refractivity contribution in [3.05, 3.63) is 59.9 Å². The maximum absolute atomic E-state index is 11.9. The highest BCUT2D eigenvalue weighted by molar-refractivity contribution is 5.88. The third kappa shape index (κ3) is 2.64. The summed E-state index contributed by atoms with van der Waals surface area (Å²) in [4.78, 5) is 15.8. The van der Waals surface area contributed by atoms with E-state index in [4.69, 9.17) is 9.47 Å². The molecule has 1 unspecified atom stereocenters. The lowest BCUT2D eigenvalue weighted by atomic mass is 9.94. The fourth-order valence-corrected chi connectivity index (χ4v) is 2.33. The zero-order valence-corrected chi connectivity index (χ0v) is 11.0. The van der Waals surface area contributed by atoms with Crippen molar-refractivity contribution in [2.75, 3.05) is 13.2 Å². The van der Waals surface area contributed by atoms with Crippen LogP contribution in [0.15, 0.2) is 48.8 Å². The first-order chi connectivity index (χ1) is 9.84. The van der Waals surface area contributed by atoms with Gasteiger partial charge in [-0.1, -0.05) is 18.2 Å². The van der Waals surface area contributed by atoms with Crippen LogP contribution in [0.3, 0.4) is 0 Å². The largest absolute Gasteiger partial charge is 0.493 e. The Kier molecular flexibility index (Phi) is 3.63. The van der Waals surface area contributed by atoms with E-state index in [9.17, 15) is 4.79 Å². The van der Waals surface area contributed by atoms with Gasteiger partial charge in [-0.05, 0) is 24.6 Å². The Hall–Kier alpha value is -2.36. The topological polar surface area (TPSA) is 48.4 Å². The first-order valence-electron chi connectivity index (χ1n) is 6.63. The van der Waals surface area contributed by atoms with Crippen molar-refractivity contribution < 1.29 is 14.3 Å². The summed E-state index contributed by atoms with van der Waals surface area (Å²) in [6.07, 6.45) is 4.00. The number of pyridine rings is 1. The van der Waals surface area contributed by atoms with Crippen molar-refractivity contribution in [1.82, 2.24) is 4.98 Å². The first-order valence-corrected chi connectivity index (χ1v) is 6.63. The number of carbonyl (C=O) groups excluding carboxylic acids is 1. The number of rotatable bonds is 3. The second kappa shape index (κ2) is 5.74. The lowest BCUT2D eigenvalue weighted by Crippen LogP contribution is -2.20. The Balaban J connectivity index is 1.67. The van der Waals surface area contributed by atoms with Crippen LogP contribution in [0.5, 0.6) is 5.75 Å². The maximum Gasteiger partial charge on any atom is 0.339 e. The molecule has 0 radical (unpaired) electrons. The summed E-state index contributed by atoms with van der Waals surface area (Å²) in [6.45, 7) is 1.03. The summed E-state index contributed by atoms with van der Waals surface area (Å²) < 4.78 is 11.0. The Bertz CT molecular complexity index is 598. The summed E-state index contributed by atoms with van der Waals surface area (Å²) in [7, 11) is 0. The van der Waals surface area contributed by atoms with Crippen molar-refractivity contribution in [2.45, 2.75) is 12.3 Å². The van der Waals surface area contributed by atoms with E-state index in [2.05, 4.69) is 4.98 Å². The molecule has 102 valence electrons. The Morgan fingerprint density at radius 3 is 3.05 bits per heavy atom. The van der Waals surface area contributed by atoms with Crippen LogP contribution < -0.4 is 4.74 Å². The second-order valence-electron chi connectivity index (χ2n) is 4.71. The molecule has 0 bridgehead atoms. The van der Waals surface area contributed by atoms with Crippen LogP contribution in [0.2, 0.25) is 0 Å². The van der Waals surface area contributed by atoms with Crippen LogP contribution in [0, 0.1) is 0 Å². The second-order valence-corrected chi connectivity index (χ2v) is 4.71. The molecule has 20 heavy (non-hydrogen) atoms. The predicted molar refractivity (Wildman–Crippen MR) is 73.8 cm³/mol. The molecule has 1 aromatic carbocycles. The highest BCUT2D eigenvalue weighted by Crippen LogP contribution is 2.33. The summed E-state index contributed by atoms with van der Waals surface area (Å²) >= 11 is 0. The number of hydrogen-bond acceptors (Lipinski definition) is 4. The number of carbonyl (C=O) groups is 1. The molecule has 4 nitrogen and oxygen atoms in total. The van der Waals surface area contributed by atoms with E-state index in [1.54, 1.807) is 18.3 Å². The smallest absolute Gasteiger partial charge is 0.339 e. The molecule has 1 aliphatic rings. The van der Waals surface area contributed by atoms with Crippen LogP contribution >= 0.6 is 0 Å². The van der Waals surface area contributed by atoms with Crippen molar-refractivity contribution >= 4 is 5.97 Å². The molecular weight excluding hydrogens is 254 g/mol. The molecule has 4 heteroatoms. The monoisotopic (exact) mass is 269 g/mol. The van der Waals surface area contributed by atoms with Gasteiger partial charge in [0.25, 0.3) is 0 Å². The van der Waals surface area contributed by atoms with Crippen LogP contribution in [-0.4, -0.2) is 24.2 Å². The molecule has 0 amide bonds. The number of fused-ring (bicyclic) bond motifs is 1. The average Bonchev–Trinajstić information content (AvgIpc) is 2.53. The van der Waals surface area contributed by atoms with Gasteiger partial charge in [0.05, 0.1) is 18.8 Å². The average molecular weight is 269 g/mol. The molecule has 0 spiro atoms. The maximum atomic E-state index is 11.9. The van der Waals surface area contributed by atoms with Gasteiger partial charge in [0, 0.05) is 23.9 Å². The van der Waals surface area contributed by atoms with E-state index < -0.39 is 0 Å². The van der Waals surface area contributed by atoms with Crippen molar-refractivity contribution in [3.63, 3.8) is 0 Å². The van der Waals surface area contributed by atoms with E-state index >= 15 is 0 Å². The van der Waals surface area contributed by atoms with Crippen LogP contribution in [-0.2, 0) is 4.74 Å². The van der Waals surface area contributed by atoms with E-state index in [0.717, 1.165) is 17.7 Å². The quantitative estimate of drug-likeness (QED) is 0.804. The SMILES string of the molecule is O=C(OCC1CCOc2ccccc21)c1cccnc1. The number of para-hydroxylation sites is 1. The molecule has 0 N–H and O–H groups in total. The Morgan fingerprint density at radius 2 is 2.20 bits per heavy atom. The van der Waals surface area contributed by atoms with Crippen LogP contribution in [0.4, 0.5) is 0 Å². The number of nitrogens with zero attached hydrogens (tertiary/aromatic N) is 1. The fourth-order valence-electron chi connectivity index (χ4n) is 2.33. The van der Waals surface area contributed by atoms with Crippen molar-refractivity contribution in [2.24, 2.45) is 0 Å². The summed E-state index contributed by atoms with van der Waals surface area (Å²) in [6, 6.07) is 11.3. The fraction of sp³-hybridized carbons (Fsp3) is 0.250. The van der Waals surface area contributed by atoms with Gasteiger partial charge in [-0.2, -0.15) is 0 Å². The molecular formula is C16H15NO3. The van der Waals surface area contributed by atoms with Crippen molar-refractivity contribution in [1.29, 1.82) is 0 Å². The summed E-state index contributed by atoms with van der Waals surface area (Å²) in [5.41, 5.74) is 1.59. The molecule has 1 aromatic heterocycles. The highest BCUT2D eigenvalue weighted by atomic mass is 16.5. The molecule has 2 aromatic rings. The zero-order valence-electron chi connectivity index (χ0n) is 11.0. The number of benzene rings is 1. The Morgan fingerprint density at radius 1 is 1.30 bits per heavy atom. The number of ether oxygens (including phenoxy) is 2. The minimum atomic E-state index is -0.331. The lowest BCUT2D eigenvalue weighted by molar-refractivity contribution is 0.0458. The molecule has 0 saturated heterocycles. The summed E-state index contributed by atoms with van der Waals surface area (Å²) in [5, 5.41) is 0. The van der Waals surface area contributed by atoms with Gasteiger partial charge in [0.15, 0.2) is 0 Å². The lowest BCUT2D eigenvalue weighted by Gasteiger charge is -2.25. The third-order valence-electron chi connectivity index (χ3n) is 3.40. The Labute approximate surface area is 117 Å². The predicted octanol–water partition coefficient (Wildman–Crippen LogP) is 2.80. The van der Waals surface area contributed by atoms with Crippen molar-refractivity contribution in [3.8, 4) is 5.75 Å². The van der Waals surface area contributed by atoms with Crippen LogP contribution in [0.1, 0.15) is 28.3 Å². The number of esters is 1. The molecule has 3 rings (SSSR count). The van der Waals surface area contributed by atoms with Gasteiger partial charge >= 0.3 is 5.97 Å². The van der Waals surface area contributed by atoms with E-state index in [1.165, 1.54) is 6.20 Å². The number of hydrogen-bond donors (Lipinski definition) is 0. The van der Waals surface area contributed by atoms with Crippen LogP contribution in [0.25, 0.3) is 0 Å². The molecule has 0 fully saturated rings. The van der Waals surface area contributed by atoms with E-state index in [0.29, 0.717) is 18.8 Å². The van der Waals surface area contributed by atoms with Gasteiger partial charge in [0.1, 0.15) is 5.75 Å². The highest BCUT2D eigenvalue weighted by Gasteiger charge is 2.22. The van der Waals surface area contributed by atoms with Gasteiger partial charge in [0.2, 0.25) is 0 Å². The first kappa shape index (κ1) is 12.7. The zero-order chi connectivity index (χ0) is 13.8.